The fraction of sp³-hybridized carbons (Fsp3) is 0.450. The highest BCUT2D eigenvalue weighted by atomic mass is 15.3. The molecule has 0 aliphatic rings. The number of hydrogen-bond acceptors (Lipinski definition) is 1. The predicted octanol–water partition coefficient (Wildman–Crippen LogP) is 5.90. The summed E-state index contributed by atoms with van der Waals surface area (Å²) < 4.78 is 2.02. The van der Waals surface area contributed by atoms with E-state index in [0.717, 1.165) is 12.1 Å². The van der Waals surface area contributed by atoms with Gasteiger partial charge in [-0.1, -0.05) is 45.4 Å². The standard InChI is InChI=1S/C20H28N2/c1-5-8-10-17-11-12-20(22-14-13-16(4)21-22)19(15-17)18(7-3)9-6-2/h8,10-15,18H,5-7,9H2,1-4H3/b10-8+. The van der Waals surface area contributed by atoms with Gasteiger partial charge < -0.3 is 0 Å². The van der Waals surface area contributed by atoms with Gasteiger partial charge >= 0.3 is 0 Å². The molecule has 0 bridgehead atoms. The maximum atomic E-state index is 4.61. The zero-order valence-corrected chi connectivity index (χ0v) is 14.3. The van der Waals surface area contributed by atoms with Crippen molar-refractivity contribution in [3.8, 4) is 5.69 Å². The second-order valence-electron chi connectivity index (χ2n) is 5.92. The number of rotatable bonds is 7. The van der Waals surface area contributed by atoms with Crippen LogP contribution in [0.5, 0.6) is 0 Å². The van der Waals surface area contributed by atoms with Crippen LogP contribution in [0.25, 0.3) is 11.8 Å². The van der Waals surface area contributed by atoms with Gasteiger partial charge in [-0.25, -0.2) is 4.68 Å². The summed E-state index contributed by atoms with van der Waals surface area (Å²) in [7, 11) is 0. The van der Waals surface area contributed by atoms with E-state index in [0.29, 0.717) is 5.92 Å². The molecular formula is C20H28N2. The Labute approximate surface area is 134 Å². The van der Waals surface area contributed by atoms with Gasteiger partial charge in [0.25, 0.3) is 0 Å². The second kappa shape index (κ2) is 7.98. The van der Waals surface area contributed by atoms with Crippen molar-refractivity contribution >= 4 is 6.08 Å². The summed E-state index contributed by atoms with van der Waals surface area (Å²) in [6.45, 7) is 8.76. The summed E-state index contributed by atoms with van der Waals surface area (Å²) in [5.74, 6) is 0.597. The van der Waals surface area contributed by atoms with Gasteiger partial charge in [0.05, 0.1) is 11.4 Å². The van der Waals surface area contributed by atoms with E-state index in [9.17, 15) is 0 Å². The first-order valence-corrected chi connectivity index (χ1v) is 8.52. The molecule has 0 aliphatic carbocycles. The van der Waals surface area contributed by atoms with Gasteiger partial charge in [0.15, 0.2) is 0 Å². The minimum Gasteiger partial charge on any atom is -0.240 e. The van der Waals surface area contributed by atoms with E-state index in [1.165, 1.54) is 36.1 Å². The van der Waals surface area contributed by atoms with Gasteiger partial charge in [0, 0.05) is 6.20 Å². The van der Waals surface area contributed by atoms with Crippen LogP contribution >= 0.6 is 0 Å². The van der Waals surface area contributed by atoms with E-state index in [-0.39, 0.29) is 0 Å². The molecule has 118 valence electrons. The zero-order chi connectivity index (χ0) is 15.9. The highest BCUT2D eigenvalue weighted by Crippen LogP contribution is 2.31. The molecular weight excluding hydrogens is 268 g/mol. The maximum Gasteiger partial charge on any atom is 0.0680 e. The van der Waals surface area contributed by atoms with E-state index in [4.69, 9.17) is 0 Å². The minimum absolute atomic E-state index is 0.597. The summed E-state index contributed by atoms with van der Waals surface area (Å²) in [5.41, 5.74) is 5.00. The molecule has 1 heterocycles. The molecule has 0 saturated carbocycles. The summed E-state index contributed by atoms with van der Waals surface area (Å²) in [4.78, 5) is 0. The van der Waals surface area contributed by atoms with Crippen molar-refractivity contribution in [2.45, 2.75) is 59.3 Å². The Balaban J connectivity index is 2.49. The summed E-state index contributed by atoms with van der Waals surface area (Å²) in [5, 5.41) is 4.61. The maximum absolute atomic E-state index is 4.61. The third-order valence-corrected chi connectivity index (χ3v) is 4.14. The van der Waals surface area contributed by atoms with Gasteiger partial charge in [-0.15, -0.1) is 0 Å². The largest absolute Gasteiger partial charge is 0.240 e. The molecule has 0 N–H and O–H groups in total. The first-order chi connectivity index (χ1) is 10.7. The Hall–Kier alpha value is -1.83. The molecule has 2 nitrogen and oxygen atoms in total. The van der Waals surface area contributed by atoms with Crippen LogP contribution in [-0.4, -0.2) is 9.78 Å². The van der Waals surface area contributed by atoms with Crippen molar-refractivity contribution in [2.24, 2.45) is 0 Å². The van der Waals surface area contributed by atoms with Crippen LogP contribution in [-0.2, 0) is 0 Å². The molecule has 1 atom stereocenters. The lowest BCUT2D eigenvalue weighted by Gasteiger charge is -2.19. The quantitative estimate of drug-likeness (QED) is 0.622. The van der Waals surface area contributed by atoms with Gasteiger partial charge in [-0.3, -0.25) is 0 Å². The van der Waals surface area contributed by atoms with Crippen molar-refractivity contribution in [3.63, 3.8) is 0 Å². The molecule has 1 aromatic carbocycles. The van der Waals surface area contributed by atoms with Gasteiger partial charge in [0.2, 0.25) is 0 Å². The van der Waals surface area contributed by atoms with Gasteiger partial charge in [0.1, 0.15) is 0 Å². The summed E-state index contributed by atoms with van der Waals surface area (Å²) in [6, 6.07) is 8.83. The number of aromatic nitrogens is 2. The first-order valence-electron chi connectivity index (χ1n) is 8.52. The average Bonchev–Trinajstić information content (AvgIpc) is 2.96. The van der Waals surface area contributed by atoms with E-state index < -0.39 is 0 Å². The number of hydrogen-bond donors (Lipinski definition) is 0. The highest BCUT2D eigenvalue weighted by Gasteiger charge is 2.15. The lowest BCUT2D eigenvalue weighted by atomic mass is 9.89. The molecule has 0 spiro atoms. The first kappa shape index (κ1) is 16.5. The summed E-state index contributed by atoms with van der Waals surface area (Å²) >= 11 is 0. The van der Waals surface area contributed by atoms with Gasteiger partial charge in [-0.05, 0) is 61.4 Å². The fourth-order valence-corrected chi connectivity index (χ4v) is 2.94. The van der Waals surface area contributed by atoms with E-state index in [1.54, 1.807) is 0 Å². The van der Waals surface area contributed by atoms with Crippen molar-refractivity contribution in [1.82, 2.24) is 9.78 Å². The van der Waals surface area contributed by atoms with E-state index >= 15 is 0 Å². The Bertz CT molecular complexity index is 622. The van der Waals surface area contributed by atoms with Crippen LogP contribution in [0.4, 0.5) is 0 Å². The lowest BCUT2D eigenvalue weighted by molar-refractivity contribution is 0.591. The molecule has 22 heavy (non-hydrogen) atoms. The van der Waals surface area contributed by atoms with Crippen molar-refractivity contribution in [3.05, 3.63) is 53.4 Å². The number of benzene rings is 1. The third kappa shape index (κ3) is 3.88. The normalized spacial score (nSPS) is 12.9. The van der Waals surface area contributed by atoms with Crippen LogP contribution in [0.15, 0.2) is 36.5 Å². The topological polar surface area (TPSA) is 17.8 Å². The number of aryl methyl sites for hydroxylation is 1. The molecule has 2 aromatic rings. The molecule has 0 saturated heterocycles. The fourth-order valence-electron chi connectivity index (χ4n) is 2.94. The highest BCUT2D eigenvalue weighted by molar-refractivity contribution is 5.56. The van der Waals surface area contributed by atoms with Crippen LogP contribution in [0.1, 0.15) is 69.2 Å². The molecule has 1 unspecified atom stereocenters. The van der Waals surface area contributed by atoms with E-state index in [1.807, 2.05) is 11.6 Å². The van der Waals surface area contributed by atoms with Crippen LogP contribution in [0.3, 0.4) is 0 Å². The smallest absolute Gasteiger partial charge is 0.0680 e. The average molecular weight is 296 g/mol. The SMILES string of the molecule is CC/C=C/c1ccc(-n2ccc(C)n2)c(C(CC)CCC)c1. The molecule has 2 rings (SSSR count). The second-order valence-corrected chi connectivity index (χ2v) is 5.92. The number of nitrogens with zero attached hydrogens (tertiary/aromatic N) is 2. The van der Waals surface area contributed by atoms with Crippen LogP contribution in [0.2, 0.25) is 0 Å². The molecule has 2 heteroatoms. The van der Waals surface area contributed by atoms with Crippen LogP contribution < -0.4 is 0 Å². The minimum atomic E-state index is 0.597. The van der Waals surface area contributed by atoms with Gasteiger partial charge in [-0.2, -0.15) is 5.10 Å². The Morgan fingerprint density at radius 3 is 2.59 bits per heavy atom. The Kier molecular flexibility index (Phi) is 6.00. The lowest BCUT2D eigenvalue weighted by Crippen LogP contribution is -2.06. The molecule has 0 amide bonds. The monoisotopic (exact) mass is 296 g/mol. The van der Waals surface area contributed by atoms with Crippen molar-refractivity contribution < 1.29 is 0 Å². The molecule has 0 aliphatic heterocycles. The summed E-state index contributed by atoms with van der Waals surface area (Å²) in [6.07, 6.45) is 11.2. The zero-order valence-electron chi connectivity index (χ0n) is 14.3. The third-order valence-electron chi connectivity index (χ3n) is 4.14. The van der Waals surface area contributed by atoms with Crippen LogP contribution in [0, 0.1) is 6.92 Å². The van der Waals surface area contributed by atoms with E-state index in [2.05, 4.69) is 68.5 Å². The Morgan fingerprint density at radius 2 is 2.00 bits per heavy atom. The van der Waals surface area contributed by atoms with Crippen molar-refractivity contribution in [1.29, 1.82) is 0 Å². The predicted molar refractivity (Wildman–Crippen MR) is 95.6 cm³/mol. The van der Waals surface area contributed by atoms with Crippen molar-refractivity contribution in [2.75, 3.05) is 0 Å². The Morgan fingerprint density at radius 1 is 1.18 bits per heavy atom. The molecule has 0 fully saturated rings. The number of allylic oxidation sites excluding steroid dienone is 1. The molecule has 0 radical (unpaired) electrons. The molecule has 1 aromatic heterocycles.